The van der Waals surface area contributed by atoms with Crippen molar-refractivity contribution in [2.75, 3.05) is 5.32 Å². The van der Waals surface area contributed by atoms with Crippen LogP contribution in [0.5, 0.6) is 0 Å². The lowest BCUT2D eigenvalue weighted by atomic mass is 9.99. The van der Waals surface area contributed by atoms with Gasteiger partial charge in [0.15, 0.2) is 0 Å². The monoisotopic (exact) mass is 298 g/mol. The molecule has 1 atom stereocenters. The molecule has 1 aliphatic heterocycles. The third kappa shape index (κ3) is 2.88. The summed E-state index contributed by atoms with van der Waals surface area (Å²) in [6, 6.07) is 29.4. The van der Waals surface area contributed by atoms with Gasteiger partial charge in [0.1, 0.15) is 5.84 Å². The molecule has 23 heavy (non-hydrogen) atoms. The molecule has 0 radical (unpaired) electrons. The Morgan fingerprint density at radius 2 is 1.39 bits per heavy atom. The van der Waals surface area contributed by atoms with Crippen LogP contribution in [0, 0.1) is 0 Å². The number of hydrogen-bond acceptors (Lipinski definition) is 2. The largest absolute Gasteiger partial charge is 0.340 e. The zero-order chi connectivity index (χ0) is 15.5. The summed E-state index contributed by atoms with van der Waals surface area (Å²) in [6.45, 7) is 0. The maximum Gasteiger partial charge on any atom is 0.133 e. The predicted molar refractivity (Wildman–Crippen MR) is 95.9 cm³/mol. The van der Waals surface area contributed by atoms with E-state index in [9.17, 15) is 0 Å². The average molecular weight is 298 g/mol. The van der Waals surface area contributed by atoms with E-state index < -0.39 is 0 Å². The molecule has 3 aromatic carbocycles. The maximum atomic E-state index is 5.04. The minimum atomic E-state index is 0.127. The third-order valence-corrected chi connectivity index (χ3v) is 4.20. The quantitative estimate of drug-likeness (QED) is 0.719. The van der Waals surface area contributed by atoms with Crippen LogP contribution in [-0.2, 0) is 6.42 Å². The summed E-state index contributed by atoms with van der Waals surface area (Å²) in [5, 5.41) is 3.53. The Kier molecular flexibility index (Phi) is 3.65. The molecule has 2 heteroatoms. The fraction of sp³-hybridized carbons (Fsp3) is 0.0952. The minimum Gasteiger partial charge on any atom is -0.340 e. The average Bonchev–Trinajstić information content (AvgIpc) is 2.83. The lowest BCUT2D eigenvalue weighted by molar-refractivity contribution is 0.731. The Balaban J connectivity index is 1.82. The Hall–Kier alpha value is -2.87. The zero-order valence-corrected chi connectivity index (χ0v) is 12.8. The van der Waals surface area contributed by atoms with Gasteiger partial charge in [0.25, 0.3) is 0 Å². The number of aliphatic imine (C=N–C) groups is 1. The third-order valence-electron chi connectivity index (χ3n) is 4.20. The molecule has 112 valence electrons. The molecule has 0 spiro atoms. The van der Waals surface area contributed by atoms with E-state index in [0.29, 0.717) is 0 Å². The molecule has 2 nitrogen and oxygen atoms in total. The highest BCUT2D eigenvalue weighted by Crippen LogP contribution is 2.30. The number of fused-ring (bicyclic) bond motifs is 1. The number of para-hydroxylation sites is 1. The van der Waals surface area contributed by atoms with Crippen molar-refractivity contribution in [1.82, 2.24) is 0 Å². The molecule has 0 saturated carbocycles. The van der Waals surface area contributed by atoms with E-state index in [1.165, 1.54) is 11.1 Å². The summed E-state index contributed by atoms with van der Waals surface area (Å²) in [5.41, 5.74) is 4.81. The zero-order valence-electron chi connectivity index (χ0n) is 12.8. The van der Waals surface area contributed by atoms with Gasteiger partial charge < -0.3 is 5.32 Å². The van der Waals surface area contributed by atoms with Crippen LogP contribution in [0.2, 0.25) is 0 Å². The molecule has 1 aliphatic rings. The fourth-order valence-electron chi connectivity index (χ4n) is 3.00. The minimum absolute atomic E-state index is 0.127. The second kappa shape index (κ2) is 6.09. The van der Waals surface area contributed by atoms with Crippen LogP contribution in [0.3, 0.4) is 0 Å². The molecule has 1 heterocycles. The molecular formula is C21H18N2. The standard InChI is InChI=1S/C21H18N2/c1-3-9-16(10-4-1)20-15-18-13-7-8-14-19(18)22-21(23-20)17-11-5-2-6-12-17/h1-14,20H,15H2,(H,22,23). The van der Waals surface area contributed by atoms with Crippen molar-refractivity contribution in [2.45, 2.75) is 12.5 Å². The molecule has 4 rings (SSSR count). The van der Waals surface area contributed by atoms with Gasteiger partial charge in [0.05, 0.1) is 6.04 Å². The molecule has 0 fully saturated rings. The van der Waals surface area contributed by atoms with E-state index in [1.807, 2.05) is 24.3 Å². The number of benzene rings is 3. The van der Waals surface area contributed by atoms with Crippen LogP contribution in [0.25, 0.3) is 0 Å². The summed E-state index contributed by atoms with van der Waals surface area (Å²) in [5.74, 6) is 0.935. The molecule has 0 amide bonds. The van der Waals surface area contributed by atoms with Crippen LogP contribution in [0.1, 0.15) is 22.7 Å². The van der Waals surface area contributed by atoms with E-state index >= 15 is 0 Å². The van der Waals surface area contributed by atoms with E-state index in [1.54, 1.807) is 0 Å². The molecule has 3 aromatic rings. The Bertz CT molecular complexity index is 823. The second-order valence-corrected chi connectivity index (χ2v) is 5.76. The second-order valence-electron chi connectivity index (χ2n) is 5.76. The number of anilines is 1. The fourth-order valence-corrected chi connectivity index (χ4v) is 3.00. The van der Waals surface area contributed by atoms with Crippen molar-refractivity contribution in [3.8, 4) is 0 Å². The van der Waals surface area contributed by atoms with Crippen molar-refractivity contribution < 1.29 is 0 Å². The highest BCUT2D eigenvalue weighted by molar-refractivity contribution is 6.09. The van der Waals surface area contributed by atoms with Gasteiger partial charge in [0, 0.05) is 17.7 Å². The smallest absolute Gasteiger partial charge is 0.133 e. The van der Waals surface area contributed by atoms with E-state index in [-0.39, 0.29) is 6.04 Å². The number of rotatable bonds is 2. The topological polar surface area (TPSA) is 24.4 Å². The first-order chi connectivity index (χ1) is 11.4. The predicted octanol–water partition coefficient (Wildman–Crippen LogP) is 4.84. The first kappa shape index (κ1) is 13.8. The highest BCUT2D eigenvalue weighted by atomic mass is 15.0. The first-order valence-corrected chi connectivity index (χ1v) is 7.93. The van der Waals surface area contributed by atoms with Crippen LogP contribution in [-0.4, -0.2) is 5.84 Å². The van der Waals surface area contributed by atoms with Crippen molar-refractivity contribution in [3.05, 3.63) is 102 Å². The molecule has 0 saturated heterocycles. The Morgan fingerprint density at radius 1 is 0.739 bits per heavy atom. The van der Waals surface area contributed by atoms with Gasteiger partial charge in [-0.2, -0.15) is 0 Å². The lowest BCUT2D eigenvalue weighted by Gasteiger charge is -2.12. The van der Waals surface area contributed by atoms with Gasteiger partial charge in [-0.3, -0.25) is 4.99 Å². The SMILES string of the molecule is c1ccc(C2=NC(c3ccccc3)Cc3ccccc3N2)cc1. The summed E-state index contributed by atoms with van der Waals surface area (Å²) in [4.78, 5) is 5.04. The van der Waals surface area contributed by atoms with Gasteiger partial charge in [-0.15, -0.1) is 0 Å². The normalized spacial score (nSPS) is 16.7. The molecule has 0 aliphatic carbocycles. The molecule has 1 N–H and O–H groups in total. The molecule has 1 unspecified atom stereocenters. The van der Waals surface area contributed by atoms with Crippen molar-refractivity contribution >= 4 is 11.5 Å². The van der Waals surface area contributed by atoms with Gasteiger partial charge in [-0.1, -0.05) is 78.9 Å². The number of amidine groups is 1. The Morgan fingerprint density at radius 3 is 2.17 bits per heavy atom. The van der Waals surface area contributed by atoms with Gasteiger partial charge in [-0.05, 0) is 17.2 Å². The number of nitrogens with zero attached hydrogens (tertiary/aromatic N) is 1. The van der Waals surface area contributed by atoms with Crippen molar-refractivity contribution in [3.63, 3.8) is 0 Å². The lowest BCUT2D eigenvalue weighted by Crippen LogP contribution is -2.13. The Labute approximate surface area is 136 Å². The van der Waals surface area contributed by atoms with E-state index in [2.05, 4.69) is 66.0 Å². The first-order valence-electron chi connectivity index (χ1n) is 7.93. The van der Waals surface area contributed by atoms with Crippen molar-refractivity contribution in [2.24, 2.45) is 4.99 Å². The van der Waals surface area contributed by atoms with E-state index in [0.717, 1.165) is 23.5 Å². The van der Waals surface area contributed by atoms with Gasteiger partial charge in [-0.25, -0.2) is 0 Å². The molecule has 0 aromatic heterocycles. The van der Waals surface area contributed by atoms with Crippen LogP contribution >= 0.6 is 0 Å². The summed E-state index contributed by atoms with van der Waals surface area (Å²) in [7, 11) is 0. The summed E-state index contributed by atoms with van der Waals surface area (Å²) >= 11 is 0. The van der Waals surface area contributed by atoms with Crippen LogP contribution in [0.4, 0.5) is 5.69 Å². The maximum absolute atomic E-state index is 5.04. The van der Waals surface area contributed by atoms with E-state index in [4.69, 9.17) is 4.99 Å². The van der Waals surface area contributed by atoms with Crippen molar-refractivity contribution in [1.29, 1.82) is 0 Å². The van der Waals surface area contributed by atoms with Crippen LogP contribution < -0.4 is 5.32 Å². The number of hydrogen-bond donors (Lipinski definition) is 1. The van der Waals surface area contributed by atoms with Gasteiger partial charge in [0.2, 0.25) is 0 Å². The summed E-state index contributed by atoms with van der Waals surface area (Å²) in [6.07, 6.45) is 0.906. The number of nitrogens with one attached hydrogen (secondary N) is 1. The van der Waals surface area contributed by atoms with Crippen LogP contribution in [0.15, 0.2) is 89.9 Å². The highest BCUT2D eigenvalue weighted by Gasteiger charge is 2.19. The van der Waals surface area contributed by atoms with Gasteiger partial charge >= 0.3 is 0 Å². The summed E-state index contributed by atoms with van der Waals surface area (Å²) < 4.78 is 0. The molecule has 0 bridgehead atoms. The molecular weight excluding hydrogens is 280 g/mol.